The summed E-state index contributed by atoms with van der Waals surface area (Å²) in [5.41, 5.74) is 1.63. The highest BCUT2D eigenvalue weighted by Crippen LogP contribution is 2.29. The van der Waals surface area contributed by atoms with Crippen LogP contribution in [0.5, 0.6) is 0 Å². The lowest BCUT2D eigenvalue weighted by atomic mass is 10.2. The summed E-state index contributed by atoms with van der Waals surface area (Å²) in [4.78, 5) is 11.9. The Balaban J connectivity index is 2.11. The monoisotopic (exact) mass is 304 g/mol. The van der Waals surface area contributed by atoms with Crippen LogP contribution >= 0.6 is 23.2 Å². The predicted molar refractivity (Wildman–Crippen MR) is 83.5 cm³/mol. The zero-order chi connectivity index (χ0) is 14.5. The molecule has 2 amide bonds. The predicted octanol–water partition coefficient (Wildman–Crippen LogP) is 4.62. The quantitative estimate of drug-likeness (QED) is 0.781. The van der Waals surface area contributed by atoms with Gasteiger partial charge in [0.1, 0.15) is 0 Å². The Morgan fingerprint density at radius 2 is 1.70 bits per heavy atom. The third-order valence-electron chi connectivity index (χ3n) is 2.49. The highest BCUT2D eigenvalue weighted by molar-refractivity contribution is 6.39. The molecule has 0 saturated heterocycles. The molecule has 100 valence electrons. The summed E-state index contributed by atoms with van der Waals surface area (Å²) >= 11 is 11.9. The zero-order valence-electron chi connectivity index (χ0n) is 10.3. The molecule has 0 fully saturated rings. The average molecular weight is 305 g/mol. The van der Waals surface area contributed by atoms with Crippen molar-refractivity contribution in [2.45, 2.75) is 0 Å². The van der Waals surface area contributed by atoms with Crippen molar-refractivity contribution in [1.82, 2.24) is 0 Å². The zero-order valence-corrected chi connectivity index (χ0v) is 11.8. The fraction of sp³-hybridized carbons (Fsp3) is 0. The van der Waals surface area contributed by atoms with Gasteiger partial charge in [0.2, 0.25) is 0 Å². The van der Waals surface area contributed by atoms with Gasteiger partial charge in [-0.15, -0.1) is 6.42 Å². The lowest BCUT2D eigenvalue weighted by Crippen LogP contribution is -2.19. The number of terminal acetylenes is 1. The molecular formula is C15H10Cl2N2O. The molecule has 0 bridgehead atoms. The van der Waals surface area contributed by atoms with E-state index in [1.165, 1.54) is 0 Å². The van der Waals surface area contributed by atoms with E-state index in [1.54, 1.807) is 42.5 Å². The Kier molecular flexibility index (Phi) is 4.52. The minimum atomic E-state index is -0.450. The smallest absolute Gasteiger partial charge is 0.308 e. The number of rotatable bonds is 2. The van der Waals surface area contributed by atoms with Gasteiger partial charge in [-0.1, -0.05) is 41.3 Å². The van der Waals surface area contributed by atoms with Crippen LogP contribution in [-0.2, 0) is 0 Å². The van der Waals surface area contributed by atoms with Crippen molar-refractivity contribution in [3.8, 4) is 12.3 Å². The number of amides is 2. The first-order chi connectivity index (χ1) is 9.60. The van der Waals surface area contributed by atoms with E-state index in [-0.39, 0.29) is 0 Å². The van der Waals surface area contributed by atoms with E-state index >= 15 is 0 Å². The van der Waals surface area contributed by atoms with Gasteiger partial charge in [0.25, 0.3) is 0 Å². The number of carbonyl (C=O) groups excluding carboxylic acids is 1. The average Bonchev–Trinajstić information content (AvgIpc) is 2.43. The highest BCUT2D eigenvalue weighted by atomic mass is 35.5. The number of hydrogen-bond acceptors (Lipinski definition) is 1. The van der Waals surface area contributed by atoms with Crippen molar-refractivity contribution >= 4 is 40.6 Å². The van der Waals surface area contributed by atoms with Gasteiger partial charge in [-0.25, -0.2) is 4.79 Å². The molecule has 5 heteroatoms. The Morgan fingerprint density at radius 3 is 2.35 bits per heavy atom. The fourth-order valence-electron chi connectivity index (χ4n) is 1.58. The summed E-state index contributed by atoms with van der Waals surface area (Å²) in [6, 6.07) is 11.5. The maximum atomic E-state index is 11.9. The molecule has 0 aliphatic heterocycles. The number of halogens is 2. The molecule has 0 aromatic heterocycles. The summed E-state index contributed by atoms with van der Waals surface area (Å²) < 4.78 is 0. The fourth-order valence-corrected chi connectivity index (χ4v) is 2.07. The van der Waals surface area contributed by atoms with E-state index in [0.29, 0.717) is 27.0 Å². The Bertz CT molecular complexity index is 672. The molecule has 2 N–H and O–H groups in total. The molecule has 2 aromatic carbocycles. The third-order valence-corrected chi connectivity index (χ3v) is 3.12. The van der Waals surface area contributed by atoms with E-state index in [2.05, 4.69) is 16.6 Å². The minimum Gasteiger partial charge on any atom is -0.308 e. The first-order valence-corrected chi connectivity index (χ1v) is 6.44. The largest absolute Gasteiger partial charge is 0.323 e. The number of para-hydroxylation sites is 1. The Hall–Kier alpha value is -2.15. The molecule has 0 saturated carbocycles. The van der Waals surface area contributed by atoms with Crippen LogP contribution in [0.15, 0.2) is 42.5 Å². The van der Waals surface area contributed by atoms with Crippen LogP contribution < -0.4 is 10.6 Å². The van der Waals surface area contributed by atoms with E-state index in [0.717, 1.165) is 0 Å². The molecule has 2 aromatic rings. The Morgan fingerprint density at radius 1 is 1.05 bits per heavy atom. The normalized spacial score (nSPS) is 9.65. The molecule has 3 nitrogen and oxygen atoms in total. The lowest BCUT2D eigenvalue weighted by Gasteiger charge is -2.10. The third kappa shape index (κ3) is 3.45. The molecule has 20 heavy (non-hydrogen) atoms. The number of nitrogens with one attached hydrogen (secondary N) is 2. The lowest BCUT2D eigenvalue weighted by molar-refractivity contribution is 0.262. The summed E-state index contributed by atoms with van der Waals surface area (Å²) in [5.74, 6) is 2.49. The second-order valence-electron chi connectivity index (χ2n) is 3.90. The van der Waals surface area contributed by atoms with Crippen molar-refractivity contribution in [2.75, 3.05) is 10.6 Å². The van der Waals surface area contributed by atoms with Crippen LogP contribution in [0, 0.1) is 12.3 Å². The molecule has 0 unspecified atom stereocenters. The minimum absolute atomic E-state index is 0.362. The Labute approximate surface area is 126 Å². The maximum Gasteiger partial charge on any atom is 0.323 e. The summed E-state index contributed by atoms with van der Waals surface area (Å²) in [7, 11) is 0. The van der Waals surface area contributed by atoms with Crippen LogP contribution in [-0.4, -0.2) is 6.03 Å². The molecular weight excluding hydrogens is 295 g/mol. The number of hydrogen-bond donors (Lipinski definition) is 2. The van der Waals surface area contributed by atoms with Gasteiger partial charge in [0.15, 0.2) is 0 Å². The standard InChI is InChI=1S/C15H10Cl2N2O/c1-2-10-5-3-6-11(9-10)18-15(20)19-14-12(16)7-4-8-13(14)17/h1,3-9H,(H2,18,19,20). The SMILES string of the molecule is C#Cc1cccc(NC(=O)Nc2c(Cl)cccc2Cl)c1. The van der Waals surface area contributed by atoms with Gasteiger partial charge in [-0.3, -0.25) is 0 Å². The van der Waals surface area contributed by atoms with Crippen molar-refractivity contribution < 1.29 is 4.79 Å². The van der Waals surface area contributed by atoms with Crippen LogP contribution in [0.1, 0.15) is 5.56 Å². The van der Waals surface area contributed by atoms with E-state index < -0.39 is 6.03 Å². The first-order valence-electron chi connectivity index (χ1n) is 5.69. The number of carbonyl (C=O) groups is 1. The van der Waals surface area contributed by atoms with Crippen LogP contribution in [0.2, 0.25) is 10.0 Å². The van der Waals surface area contributed by atoms with Gasteiger partial charge >= 0.3 is 6.03 Å². The highest BCUT2D eigenvalue weighted by Gasteiger charge is 2.09. The van der Waals surface area contributed by atoms with E-state index in [1.807, 2.05) is 0 Å². The number of benzene rings is 2. The second-order valence-corrected chi connectivity index (χ2v) is 4.72. The van der Waals surface area contributed by atoms with Gasteiger partial charge in [0.05, 0.1) is 15.7 Å². The summed E-state index contributed by atoms with van der Waals surface area (Å²) in [5, 5.41) is 5.99. The van der Waals surface area contributed by atoms with Gasteiger partial charge in [-0.05, 0) is 30.3 Å². The van der Waals surface area contributed by atoms with E-state index in [9.17, 15) is 4.79 Å². The van der Waals surface area contributed by atoms with Crippen molar-refractivity contribution in [3.63, 3.8) is 0 Å². The molecule has 0 spiro atoms. The number of urea groups is 1. The van der Waals surface area contributed by atoms with Gasteiger partial charge in [-0.2, -0.15) is 0 Å². The maximum absolute atomic E-state index is 11.9. The molecule has 0 heterocycles. The molecule has 0 aliphatic carbocycles. The first kappa shape index (κ1) is 14.3. The van der Waals surface area contributed by atoms with Crippen molar-refractivity contribution in [1.29, 1.82) is 0 Å². The van der Waals surface area contributed by atoms with Gasteiger partial charge < -0.3 is 10.6 Å². The molecule has 0 aliphatic rings. The molecule has 0 radical (unpaired) electrons. The molecule has 0 atom stereocenters. The van der Waals surface area contributed by atoms with Crippen LogP contribution in [0.25, 0.3) is 0 Å². The van der Waals surface area contributed by atoms with Gasteiger partial charge in [0, 0.05) is 11.3 Å². The van der Waals surface area contributed by atoms with E-state index in [4.69, 9.17) is 29.6 Å². The summed E-state index contributed by atoms with van der Waals surface area (Å²) in [6.45, 7) is 0. The molecule has 2 rings (SSSR count). The number of anilines is 2. The van der Waals surface area contributed by atoms with Crippen molar-refractivity contribution in [2.24, 2.45) is 0 Å². The van der Waals surface area contributed by atoms with Crippen LogP contribution in [0.4, 0.5) is 16.2 Å². The summed E-state index contributed by atoms with van der Waals surface area (Å²) in [6.07, 6.45) is 5.30. The second kappa shape index (κ2) is 6.33. The van der Waals surface area contributed by atoms with Crippen LogP contribution in [0.3, 0.4) is 0 Å². The topological polar surface area (TPSA) is 41.1 Å². The van der Waals surface area contributed by atoms with Crippen molar-refractivity contribution in [3.05, 3.63) is 58.1 Å².